The van der Waals surface area contributed by atoms with Gasteiger partial charge in [0.05, 0.1) is 5.69 Å². The van der Waals surface area contributed by atoms with E-state index in [9.17, 15) is 5.11 Å². The molecule has 1 aromatic rings. The van der Waals surface area contributed by atoms with E-state index in [4.69, 9.17) is 0 Å². The molecule has 86 valence electrons. The molecule has 2 heterocycles. The van der Waals surface area contributed by atoms with E-state index in [1.807, 2.05) is 6.07 Å². The fourth-order valence-corrected chi connectivity index (χ4v) is 2.81. The fourth-order valence-electron chi connectivity index (χ4n) is 2.81. The van der Waals surface area contributed by atoms with Gasteiger partial charge in [-0.1, -0.05) is 0 Å². The number of hydrogen-bond acceptors (Lipinski definition) is 3. The van der Waals surface area contributed by atoms with Crippen molar-refractivity contribution in [3.63, 3.8) is 0 Å². The van der Waals surface area contributed by atoms with E-state index in [0.29, 0.717) is 5.75 Å². The van der Waals surface area contributed by atoms with Gasteiger partial charge in [-0.15, -0.1) is 0 Å². The molecule has 0 bridgehead atoms. The summed E-state index contributed by atoms with van der Waals surface area (Å²) in [6.07, 6.45) is 4.84. The van der Waals surface area contributed by atoms with Crippen LogP contribution in [0, 0.1) is 0 Å². The maximum atomic E-state index is 9.84. The minimum Gasteiger partial charge on any atom is -0.506 e. The highest BCUT2D eigenvalue weighted by Crippen LogP contribution is 2.38. The lowest BCUT2D eigenvalue weighted by Gasteiger charge is -2.27. The van der Waals surface area contributed by atoms with Crippen LogP contribution in [0.25, 0.3) is 0 Å². The number of hydrogen-bond donors (Lipinski definition) is 2. The molecule has 3 heteroatoms. The smallest absolute Gasteiger partial charge is 0.139 e. The van der Waals surface area contributed by atoms with Gasteiger partial charge in [-0.25, -0.2) is 0 Å². The average Bonchev–Trinajstić information content (AvgIpc) is 2.83. The molecule has 0 radical (unpaired) electrons. The lowest BCUT2D eigenvalue weighted by Crippen LogP contribution is -2.22. The Labute approximate surface area is 96.1 Å². The van der Waals surface area contributed by atoms with Crippen molar-refractivity contribution >= 4 is 11.4 Å². The molecule has 1 aromatic carbocycles. The Bertz CT molecular complexity index is 397. The first-order valence-electron chi connectivity index (χ1n) is 6.20. The molecule has 1 fully saturated rings. The van der Waals surface area contributed by atoms with Crippen LogP contribution in [-0.4, -0.2) is 24.7 Å². The molecule has 0 saturated carbocycles. The number of aromatic hydroxyl groups is 1. The Morgan fingerprint density at radius 1 is 1.12 bits per heavy atom. The summed E-state index contributed by atoms with van der Waals surface area (Å²) in [5.41, 5.74) is 3.61. The highest BCUT2D eigenvalue weighted by atomic mass is 16.3. The maximum Gasteiger partial charge on any atom is 0.139 e. The number of nitrogens with one attached hydrogen (secondary N) is 1. The van der Waals surface area contributed by atoms with Crippen LogP contribution >= 0.6 is 0 Å². The molecule has 3 nitrogen and oxygen atoms in total. The second-order valence-corrected chi connectivity index (χ2v) is 4.68. The summed E-state index contributed by atoms with van der Waals surface area (Å²) in [6.45, 7) is 3.30. The summed E-state index contributed by atoms with van der Waals surface area (Å²) in [6, 6.07) is 3.90. The van der Waals surface area contributed by atoms with E-state index in [1.165, 1.54) is 24.1 Å². The number of nitrogens with zero attached hydrogens (tertiary/aromatic N) is 1. The van der Waals surface area contributed by atoms with Crippen LogP contribution in [0.4, 0.5) is 11.4 Å². The Hall–Kier alpha value is -1.38. The lowest BCUT2D eigenvalue weighted by molar-refractivity contribution is 0.475. The van der Waals surface area contributed by atoms with Crippen LogP contribution < -0.4 is 10.2 Å². The topological polar surface area (TPSA) is 35.5 Å². The second-order valence-electron chi connectivity index (χ2n) is 4.68. The average molecular weight is 218 g/mol. The van der Waals surface area contributed by atoms with Crippen LogP contribution in [0.15, 0.2) is 12.1 Å². The van der Waals surface area contributed by atoms with E-state index in [2.05, 4.69) is 16.3 Å². The molecular formula is C13H18N2O. The van der Waals surface area contributed by atoms with Crippen LogP contribution in [0.5, 0.6) is 5.75 Å². The third-order valence-electron chi connectivity index (χ3n) is 3.62. The number of fused-ring (bicyclic) bond motifs is 1. The van der Waals surface area contributed by atoms with Gasteiger partial charge in [-0.05, 0) is 37.8 Å². The minimum absolute atomic E-state index is 0.401. The van der Waals surface area contributed by atoms with E-state index in [1.54, 1.807) is 0 Å². The van der Waals surface area contributed by atoms with Crippen molar-refractivity contribution in [1.29, 1.82) is 0 Å². The maximum absolute atomic E-state index is 9.84. The predicted octanol–water partition coefficient (Wildman–Crippen LogP) is 2.35. The molecule has 2 aliphatic heterocycles. The summed E-state index contributed by atoms with van der Waals surface area (Å²) in [4.78, 5) is 2.45. The highest BCUT2D eigenvalue weighted by molar-refractivity contribution is 5.73. The fraction of sp³-hybridized carbons (Fsp3) is 0.538. The van der Waals surface area contributed by atoms with Crippen molar-refractivity contribution in [3.8, 4) is 5.75 Å². The SMILES string of the molecule is Oc1ccc(N2CCCC2)c2c1NCCC2. The molecule has 0 aromatic heterocycles. The molecule has 3 rings (SSSR count). The van der Waals surface area contributed by atoms with Crippen LogP contribution in [0.3, 0.4) is 0 Å². The first-order valence-corrected chi connectivity index (χ1v) is 6.20. The van der Waals surface area contributed by atoms with Gasteiger partial charge in [-0.3, -0.25) is 0 Å². The van der Waals surface area contributed by atoms with E-state index in [-0.39, 0.29) is 0 Å². The van der Waals surface area contributed by atoms with Crippen molar-refractivity contribution in [2.45, 2.75) is 25.7 Å². The molecule has 0 atom stereocenters. The van der Waals surface area contributed by atoms with Gasteiger partial charge >= 0.3 is 0 Å². The standard InChI is InChI=1S/C13H18N2O/c16-12-6-5-11(15-8-1-2-9-15)10-4-3-7-14-13(10)12/h5-6,14,16H,1-4,7-9H2. The van der Waals surface area contributed by atoms with Crippen LogP contribution in [-0.2, 0) is 6.42 Å². The third kappa shape index (κ3) is 1.51. The van der Waals surface area contributed by atoms with Gasteiger partial charge < -0.3 is 15.3 Å². The molecule has 16 heavy (non-hydrogen) atoms. The number of anilines is 2. The van der Waals surface area contributed by atoms with Crippen LogP contribution in [0.1, 0.15) is 24.8 Å². The Balaban J connectivity index is 2.04. The van der Waals surface area contributed by atoms with Crippen LogP contribution in [0.2, 0.25) is 0 Å². The summed E-state index contributed by atoms with van der Waals surface area (Å²) >= 11 is 0. The zero-order chi connectivity index (χ0) is 11.0. The third-order valence-corrected chi connectivity index (χ3v) is 3.62. The summed E-state index contributed by atoms with van der Waals surface area (Å²) < 4.78 is 0. The van der Waals surface area contributed by atoms with Gasteiger partial charge in [0, 0.05) is 30.9 Å². The first kappa shape index (κ1) is 9.82. The summed E-state index contributed by atoms with van der Waals surface area (Å²) in [5.74, 6) is 0.401. The molecule has 0 amide bonds. The zero-order valence-corrected chi connectivity index (χ0v) is 9.50. The number of phenolic OH excluding ortho intramolecular Hbond substituents is 1. The van der Waals surface area contributed by atoms with Crippen molar-refractivity contribution in [3.05, 3.63) is 17.7 Å². The van der Waals surface area contributed by atoms with E-state index < -0.39 is 0 Å². The quantitative estimate of drug-likeness (QED) is 0.710. The van der Waals surface area contributed by atoms with Gasteiger partial charge in [0.1, 0.15) is 5.75 Å². The van der Waals surface area contributed by atoms with Crippen molar-refractivity contribution in [1.82, 2.24) is 0 Å². The van der Waals surface area contributed by atoms with Gasteiger partial charge in [-0.2, -0.15) is 0 Å². The summed E-state index contributed by atoms with van der Waals surface area (Å²) in [5, 5.41) is 13.2. The van der Waals surface area contributed by atoms with Crippen molar-refractivity contribution < 1.29 is 5.11 Å². The highest BCUT2D eigenvalue weighted by Gasteiger charge is 2.21. The second kappa shape index (κ2) is 3.89. The largest absolute Gasteiger partial charge is 0.506 e. The summed E-state index contributed by atoms with van der Waals surface area (Å²) in [7, 11) is 0. The van der Waals surface area contributed by atoms with Crippen molar-refractivity contribution in [2.24, 2.45) is 0 Å². The molecule has 0 unspecified atom stereocenters. The molecule has 0 aliphatic carbocycles. The Morgan fingerprint density at radius 2 is 1.94 bits per heavy atom. The molecule has 2 aliphatic rings. The number of phenols is 1. The number of benzene rings is 1. The van der Waals surface area contributed by atoms with Crippen molar-refractivity contribution in [2.75, 3.05) is 29.9 Å². The normalized spacial score (nSPS) is 19.4. The Morgan fingerprint density at radius 3 is 2.75 bits per heavy atom. The van der Waals surface area contributed by atoms with Gasteiger partial charge in [0.2, 0.25) is 0 Å². The predicted molar refractivity (Wildman–Crippen MR) is 66.4 cm³/mol. The monoisotopic (exact) mass is 218 g/mol. The minimum atomic E-state index is 0.401. The number of rotatable bonds is 1. The van der Waals surface area contributed by atoms with Gasteiger partial charge in [0.25, 0.3) is 0 Å². The molecule has 0 spiro atoms. The lowest BCUT2D eigenvalue weighted by atomic mass is 10.00. The molecular weight excluding hydrogens is 200 g/mol. The molecule has 2 N–H and O–H groups in total. The molecule has 1 saturated heterocycles. The Kier molecular flexibility index (Phi) is 2.39. The van der Waals surface area contributed by atoms with Gasteiger partial charge in [0.15, 0.2) is 0 Å². The zero-order valence-electron chi connectivity index (χ0n) is 9.50. The first-order chi connectivity index (χ1) is 7.86. The van der Waals surface area contributed by atoms with E-state index in [0.717, 1.165) is 38.2 Å². The van der Waals surface area contributed by atoms with E-state index >= 15 is 0 Å².